The molecule has 0 fully saturated rings. The van der Waals surface area contributed by atoms with Crippen LogP contribution in [0.2, 0.25) is 0 Å². The first-order valence-electron chi connectivity index (χ1n) is 4.20. The number of nitro groups is 2. The minimum atomic E-state index is -1.39. The lowest BCUT2D eigenvalue weighted by molar-refractivity contribution is -0.396. The summed E-state index contributed by atoms with van der Waals surface area (Å²) in [6.07, 6.45) is 0. The zero-order valence-electron chi connectivity index (χ0n) is 8.23. The summed E-state index contributed by atoms with van der Waals surface area (Å²) in [6, 6.07) is 3.10. The highest BCUT2D eigenvalue weighted by molar-refractivity contribution is 5.69. The molecule has 0 aliphatic carbocycles. The molecule has 0 saturated carbocycles. The van der Waals surface area contributed by atoms with Crippen molar-refractivity contribution in [3.63, 3.8) is 0 Å². The fourth-order valence-corrected chi connectivity index (χ4v) is 1.08. The van der Waals surface area contributed by atoms with Gasteiger partial charge in [0, 0.05) is 12.1 Å². The molecule has 0 spiro atoms. The number of hydrogen-bond donors (Lipinski definition) is 1. The highest BCUT2D eigenvalue weighted by Crippen LogP contribution is 2.36. The van der Waals surface area contributed by atoms with Crippen LogP contribution in [0, 0.1) is 20.2 Å². The van der Waals surface area contributed by atoms with E-state index in [1.807, 2.05) is 0 Å². The summed E-state index contributed by atoms with van der Waals surface area (Å²) >= 11 is 0. The third-order valence-corrected chi connectivity index (χ3v) is 1.71. The van der Waals surface area contributed by atoms with Crippen molar-refractivity contribution < 1.29 is 24.5 Å². The molecular weight excluding hydrogens is 236 g/mol. The zero-order chi connectivity index (χ0) is 13.0. The molecule has 1 aromatic rings. The molecule has 17 heavy (non-hydrogen) atoms. The van der Waals surface area contributed by atoms with Crippen LogP contribution in [0.4, 0.5) is 11.4 Å². The Labute approximate surface area is 93.5 Å². The van der Waals surface area contributed by atoms with Crippen molar-refractivity contribution in [1.29, 1.82) is 0 Å². The molecule has 90 valence electrons. The quantitative estimate of drug-likeness (QED) is 0.600. The Balaban J connectivity index is 3.23. The van der Waals surface area contributed by atoms with E-state index in [9.17, 15) is 25.0 Å². The molecule has 9 nitrogen and oxygen atoms in total. The number of carbonyl (C=O) groups is 1. The molecule has 0 unspecified atom stereocenters. The first kappa shape index (κ1) is 12.4. The molecule has 9 heteroatoms. The molecule has 0 bridgehead atoms. The molecule has 1 aromatic carbocycles. The van der Waals surface area contributed by atoms with E-state index >= 15 is 0 Å². The fourth-order valence-electron chi connectivity index (χ4n) is 1.08. The van der Waals surface area contributed by atoms with Gasteiger partial charge in [-0.3, -0.25) is 20.2 Å². The predicted octanol–water partition coefficient (Wildman–Crippen LogP) is 0.966. The van der Waals surface area contributed by atoms with Gasteiger partial charge in [-0.05, 0) is 6.07 Å². The lowest BCUT2D eigenvalue weighted by Gasteiger charge is -2.04. The van der Waals surface area contributed by atoms with E-state index in [0.717, 1.165) is 18.2 Å². The lowest BCUT2D eigenvalue weighted by Crippen LogP contribution is -2.11. The maximum atomic E-state index is 10.6. The predicted molar refractivity (Wildman–Crippen MR) is 52.9 cm³/mol. The minimum absolute atomic E-state index is 0.652. The number of carboxylic acid groups (broad SMARTS) is 1. The molecule has 0 aliphatic heterocycles. The van der Waals surface area contributed by atoms with Crippen LogP contribution in [0.5, 0.6) is 5.75 Å². The first-order chi connectivity index (χ1) is 7.93. The SMILES string of the molecule is O=C(O)COc1c([N+](=O)[O-])cccc1[N+](=O)[O-]. The molecule has 1 rings (SSSR count). The lowest BCUT2D eigenvalue weighted by atomic mass is 10.2. The monoisotopic (exact) mass is 242 g/mol. The largest absolute Gasteiger partial charge is 0.479 e. The summed E-state index contributed by atoms with van der Waals surface area (Å²) in [6.45, 7) is -0.897. The van der Waals surface area contributed by atoms with Gasteiger partial charge in [-0.25, -0.2) is 4.79 Å². The molecule has 0 aliphatic rings. The maximum absolute atomic E-state index is 10.6. The highest BCUT2D eigenvalue weighted by Gasteiger charge is 2.26. The summed E-state index contributed by atoms with van der Waals surface area (Å²) in [7, 11) is 0. The Bertz CT molecular complexity index is 453. The van der Waals surface area contributed by atoms with E-state index in [2.05, 4.69) is 4.74 Å². The van der Waals surface area contributed by atoms with Crippen molar-refractivity contribution in [2.24, 2.45) is 0 Å². The van der Waals surface area contributed by atoms with Gasteiger partial charge in [0.05, 0.1) is 9.85 Å². The Morgan fingerprint density at radius 2 is 1.71 bits per heavy atom. The number of aliphatic carboxylic acids is 1. The van der Waals surface area contributed by atoms with E-state index in [1.54, 1.807) is 0 Å². The molecule has 1 N–H and O–H groups in total. The molecule has 0 amide bonds. The van der Waals surface area contributed by atoms with Crippen LogP contribution in [0.3, 0.4) is 0 Å². The Morgan fingerprint density at radius 3 is 2.06 bits per heavy atom. The number of hydrogen-bond acceptors (Lipinski definition) is 6. The van der Waals surface area contributed by atoms with Crippen molar-refractivity contribution in [3.8, 4) is 5.75 Å². The summed E-state index contributed by atoms with van der Waals surface area (Å²) in [4.78, 5) is 29.7. The van der Waals surface area contributed by atoms with Gasteiger partial charge in [-0.2, -0.15) is 0 Å². The number of rotatable bonds is 5. The van der Waals surface area contributed by atoms with Crippen LogP contribution in [-0.2, 0) is 4.79 Å². The number of para-hydroxylation sites is 1. The summed E-state index contributed by atoms with van der Waals surface area (Å²) in [5, 5.41) is 29.6. The van der Waals surface area contributed by atoms with E-state index < -0.39 is 39.5 Å². The minimum Gasteiger partial charge on any atom is -0.479 e. The smallest absolute Gasteiger partial charge is 0.341 e. The van der Waals surface area contributed by atoms with E-state index in [-0.39, 0.29) is 0 Å². The second-order valence-electron chi connectivity index (χ2n) is 2.82. The Hall–Kier alpha value is -2.71. The number of carboxylic acids is 1. The number of ether oxygens (including phenoxy) is 1. The zero-order valence-corrected chi connectivity index (χ0v) is 8.23. The van der Waals surface area contributed by atoms with Crippen LogP contribution in [0.15, 0.2) is 18.2 Å². The van der Waals surface area contributed by atoms with Gasteiger partial charge in [0.1, 0.15) is 0 Å². The fraction of sp³-hybridized carbons (Fsp3) is 0.125. The number of benzene rings is 1. The second-order valence-corrected chi connectivity index (χ2v) is 2.82. The van der Waals surface area contributed by atoms with Crippen molar-refractivity contribution in [2.45, 2.75) is 0 Å². The van der Waals surface area contributed by atoms with Crippen molar-refractivity contribution in [3.05, 3.63) is 38.4 Å². The van der Waals surface area contributed by atoms with E-state index in [0.29, 0.717) is 0 Å². The van der Waals surface area contributed by atoms with Gasteiger partial charge in [-0.1, -0.05) is 0 Å². The standard InChI is InChI=1S/C8H6N2O7/c11-7(12)4-17-8-5(9(13)14)2-1-3-6(8)10(15)16/h1-3H,4H2,(H,11,12). The van der Waals surface area contributed by atoms with Gasteiger partial charge in [0.25, 0.3) is 5.75 Å². The van der Waals surface area contributed by atoms with Gasteiger partial charge < -0.3 is 9.84 Å². The maximum Gasteiger partial charge on any atom is 0.341 e. The van der Waals surface area contributed by atoms with Crippen molar-refractivity contribution in [1.82, 2.24) is 0 Å². The van der Waals surface area contributed by atoms with Gasteiger partial charge in [-0.15, -0.1) is 0 Å². The molecule has 0 aromatic heterocycles. The highest BCUT2D eigenvalue weighted by atomic mass is 16.6. The van der Waals surface area contributed by atoms with Crippen LogP contribution >= 0.6 is 0 Å². The number of nitro benzene ring substituents is 2. The molecule has 0 radical (unpaired) electrons. The second kappa shape index (κ2) is 4.88. The van der Waals surface area contributed by atoms with Crippen LogP contribution < -0.4 is 4.74 Å². The molecule has 0 atom stereocenters. The molecule has 0 heterocycles. The van der Waals surface area contributed by atoms with Gasteiger partial charge in [0.2, 0.25) is 0 Å². The van der Waals surface area contributed by atoms with Crippen molar-refractivity contribution in [2.75, 3.05) is 6.61 Å². The summed E-state index contributed by atoms with van der Waals surface area (Å²) in [5.41, 5.74) is -1.30. The van der Waals surface area contributed by atoms with Crippen LogP contribution in [0.25, 0.3) is 0 Å². The van der Waals surface area contributed by atoms with E-state index in [4.69, 9.17) is 5.11 Å². The average molecular weight is 242 g/mol. The Morgan fingerprint density at radius 1 is 1.24 bits per heavy atom. The van der Waals surface area contributed by atoms with Gasteiger partial charge >= 0.3 is 17.3 Å². The normalized spacial score (nSPS) is 9.65. The summed E-state index contributed by atoms with van der Waals surface area (Å²) in [5.74, 6) is -2.05. The number of nitrogens with zero attached hydrogens (tertiary/aromatic N) is 2. The van der Waals surface area contributed by atoms with Crippen molar-refractivity contribution >= 4 is 17.3 Å². The van der Waals surface area contributed by atoms with Crippen LogP contribution in [0.1, 0.15) is 0 Å². The van der Waals surface area contributed by atoms with Crippen LogP contribution in [-0.4, -0.2) is 27.5 Å². The molecule has 0 saturated heterocycles. The van der Waals surface area contributed by atoms with E-state index in [1.165, 1.54) is 0 Å². The molecular formula is C8H6N2O7. The topological polar surface area (TPSA) is 133 Å². The first-order valence-corrected chi connectivity index (χ1v) is 4.20. The Kier molecular flexibility index (Phi) is 3.55. The third kappa shape index (κ3) is 2.87. The average Bonchev–Trinajstić information content (AvgIpc) is 2.25. The summed E-state index contributed by atoms with van der Waals surface area (Å²) < 4.78 is 4.57. The third-order valence-electron chi connectivity index (χ3n) is 1.71. The van der Waals surface area contributed by atoms with Gasteiger partial charge in [0.15, 0.2) is 6.61 Å².